The Morgan fingerprint density at radius 1 is 1.50 bits per heavy atom. The van der Waals surface area contributed by atoms with Gasteiger partial charge in [-0.05, 0) is 39.1 Å². The Labute approximate surface area is 95.8 Å². The van der Waals surface area contributed by atoms with Crippen LogP contribution in [0.1, 0.15) is 19.8 Å². The highest BCUT2D eigenvalue weighted by atomic mass is 35.5. The Morgan fingerprint density at radius 3 is 2.50 bits per heavy atom. The molecule has 0 spiro atoms. The Bertz CT molecular complexity index is 184. The van der Waals surface area contributed by atoms with Gasteiger partial charge in [0.2, 0.25) is 0 Å². The van der Waals surface area contributed by atoms with E-state index in [1.165, 1.54) is 0 Å². The molecule has 1 saturated heterocycles. The van der Waals surface area contributed by atoms with Gasteiger partial charge in [0.15, 0.2) is 0 Å². The van der Waals surface area contributed by atoms with E-state index in [4.69, 9.17) is 4.74 Å². The van der Waals surface area contributed by atoms with Crippen LogP contribution in [0, 0.1) is 0 Å². The topological polar surface area (TPSA) is 38.3 Å². The van der Waals surface area contributed by atoms with Crippen molar-refractivity contribution >= 4 is 30.1 Å². The Hall–Kier alpha value is 0.0700. The highest BCUT2D eigenvalue weighted by Crippen LogP contribution is 2.33. The summed E-state index contributed by atoms with van der Waals surface area (Å²) in [6, 6.07) is 0. The number of thioether (sulfide) groups is 1. The minimum atomic E-state index is -0.277. The van der Waals surface area contributed by atoms with Gasteiger partial charge >= 0.3 is 5.97 Å². The van der Waals surface area contributed by atoms with Crippen LogP contribution >= 0.6 is 24.2 Å². The number of carbonyl (C=O) groups is 1. The van der Waals surface area contributed by atoms with Gasteiger partial charge in [-0.25, -0.2) is 0 Å². The van der Waals surface area contributed by atoms with Gasteiger partial charge in [-0.1, -0.05) is 0 Å². The molecule has 0 atom stereocenters. The monoisotopic (exact) mass is 239 g/mol. The van der Waals surface area contributed by atoms with Crippen LogP contribution in [0.25, 0.3) is 0 Å². The van der Waals surface area contributed by atoms with Crippen LogP contribution in [0.5, 0.6) is 0 Å². The standard InChI is InChI=1S/C9H17NO2S.ClH/c1-3-12-8(11)9(13-2)4-6-10-7-5-9;/h10H,3-7H2,1-2H3;1H. The van der Waals surface area contributed by atoms with Gasteiger partial charge in [-0.2, -0.15) is 0 Å². The predicted molar refractivity (Wildman–Crippen MR) is 62.2 cm³/mol. The van der Waals surface area contributed by atoms with E-state index in [1.54, 1.807) is 11.8 Å². The first-order valence-electron chi connectivity index (χ1n) is 4.68. The highest BCUT2D eigenvalue weighted by Gasteiger charge is 2.40. The minimum Gasteiger partial charge on any atom is -0.465 e. The van der Waals surface area contributed by atoms with E-state index in [9.17, 15) is 4.79 Å². The fraction of sp³-hybridized carbons (Fsp3) is 0.889. The highest BCUT2D eigenvalue weighted by molar-refractivity contribution is 8.00. The van der Waals surface area contributed by atoms with Crippen molar-refractivity contribution in [2.45, 2.75) is 24.5 Å². The van der Waals surface area contributed by atoms with Crippen molar-refractivity contribution in [3.05, 3.63) is 0 Å². The number of carbonyl (C=O) groups excluding carboxylic acids is 1. The predicted octanol–water partition coefficient (Wildman–Crippen LogP) is 1.46. The van der Waals surface area contributed by atoms with E-state index in [1.807, 2.05) is 13.2 Å². The second-order valence-electron chi connectivity index (χ2n) is 3.17. The largest absolute Gasteiger partial charge is 0.465 e. The first kappa shape index (κ1) is 14.1. The molecule has 14 heavy (non-hydrogen) atoms. The van der Waals surface area contributed by atoms with E-state index < -0.39 is 0 Å². The molecule has 0 unspecified atom stereocenters. The van der Waals surface area contributed by atoms with Crippen molar-refractivity contribution in [1.29, 1.82) is 0 Å². The van der Waals surface area contributed by atoms with Gasteiger partial charge in [0.1, 0.15) is 4.75 Å². The van der Waals surface area contributed by atoms with Gasteiger partial charge in [-0.3, -0.25) is 4.79 Å². The summed E-state index contributed by atoms with van der Waals surface area (Å²) in [5.74, 6) is -0.0380. The summed E-state index contributed by atoms with van der Waals surface area (Å²) in [4.78, 5) is 11.7. The van der Waals surface area contributed by atoms with Crippen LogP contribution in [-0.4, -0.2) is 36.7 Å². The number of piperidine rings is 1. The second-order valence-corrected chi connectivity index (χ2v) is 4.36. The first-order chi connectivity index (χ1) is 6.25. The normalized spacial score (nSPS) is 19.6. The van der Waals surface area contributed by atoms with E-state index >= 15 is 0 Å². The Morgan fingerprint density at radius 2 is 2.07 bits per heavy atom. The van der Waals surface area contributed by atoms with Crippen LogP contribution < -0.4 is 5.32 Å². The van der Waals surface area contributed by atoms with Crippen molar-refractivity contribution in [3.63, 3.8) is 0 Å². The van der Waals surface area contributed by atoms with E-state index in [-0.39, 0.29) is 23.1 Å². The number of ether oxygens (including phenoxy) is 1. The Kier molecular flexibility index (Phi) is 6.57. The van der Waals surface area contributed by atoms with Crippen molar-refractivity contribution < 1.29 is 9.53 Å². The third-order valence-electron chi connectivity index (χ3n) is 2.45. The molecule has 84 valence electrons. The van der Waals surface area contributed by atoms with Crippen LogP contribution in [0.4, 0.5) is 0 Å². The Balaban J connectivity index is 0.00000169. The zero-order valence-electron chi connectivity index (χ0n) is 8.67. The van der Waals surface area contributed by atoms with Crippen molar-refractivity contribution in [1.82, 2.24) is 5.32 Å². The maximum atomic E-state index is 11.7. The molecule has 0 aliphatic carbocycles. The van der Waals surface area contributed by atoms with Crippen molar-refractivity contribution in [3.8, 4) is 0 Å². The minimum absolute atomic E-state index is 0. The molecule has 0 bridgehead atoms. The molecule has 0 saturated carbocycles. The molecule has 1 heterocycles. The number of esters is 1. The first-order valence-corrected chi connectivity index (χ1v) is 5.91. The summed E-state index contributed by atoms with van der Waals surface area (Å²) in [7, 11) is 0. The summed E-state index contributed by atoms with van der Waals surface area (Å²) in [6.07, 6.45) is 3.75. The summed E-state index contributed by atoms with van der Waals surface area (Å²) < 4.78 is 4.81. The molecule has 3 nitrogen and oxygen atoms in total. The maximum Gasteiger partial charge on any atom is 0.322 e. The lowest BCUT2D eigenvalue weighted by Gasteiger charge is -2.33. The second kappa shape index (κ2) is 6.53. The molecule has 1 N–H and O–H groups in total. The zero-order valence-corrected chi connectivity index (χ0v) is 10.3. The molecule has 5 heteroatoms. The van der Waals surface area contributed by atoms with Gasteiger partial charge in [0.25, 0.3) is 0 Å². The van der Waals surface area contributed by atoms with Gasteiger partial charge in [-0.15, -0.1) is 24.2 Å². The zero-order chi connectivity index (χ0) is 9.73. The summed E-state index contributed by atoms with van der Waals surface area (Å²) >= 11 is 1.63. The quantitative estimate of drug-likeness (QED) is 0.757. The average Bonchev–Trinajstić information content (AvgIpc) is 2.19. The number of halogens is 1. The van der Waals surface area contributed by atoms with Crippen molar-refractivity contribution in [2.75, 3.05) is 26.0 Å². The molecule has 0 amide bonds. The molecule has 1 aliphatic rings. The molecule has 0 radical (unpaired) electrons. The van der Waals surface area contributed by atoms with Gasteiger partial charge in [0.05, 0.1) is 6.61 Å². The fourth-order valence-corrected chi connectivity index (χ4v) is 2.42. The van der Waals surface area contributed by atoms with Crippen LogP contribution in [0.3, 0.4) is 0 Å². The number of nitrogens with one attached hydrogen (secondary N) is 1. The molecule has 1 aliphatic heterocycles. The summed E-state index contributed by atoms with van der Waals surface area (Å²) in [5.41, 5.74) is 0. The average molecular weight is 240 g/mol. The SMILES string of the molecule is CCOC(=O)C1(SC)CCNCC1.Cl. The van der Waals surface area contributed by atoms with Crippen LogP contribution in [-0.2, 0) is 9.53 Å². The maximum absolute atomic E-state index is 11.7. The van der Waals surface area contributed by atoms with Crippen molar-refractivity contribution in [2.24, 2.45) is 0 Å². The smallest absolute Gasteiger partial charge is 0.322 e. The fourth-order valence-electron chi connectivity index (χ4n) is 1.58. The molecule has 1 fully saturated rings. The third kappa shape index (κ3) is 3.04. The van der Waals surface area contributed by atoms with Gasteiger partial charge in [0, 0.05) is 0 Å². The molecular weight excluding hydrogens is 222 g/mol. The third-order valence-corrected chi connectivity index (χ3v) is 3.81. The van der Waals surface area contributed by atoms with Crippen LogP contribution in [0.2, 0.25) is 0 Å². The molecule has 1 rings (SSSR count). The van der Waals surface area contributed by atoms with Crippen LogP contribution in [0.15, 0.2) is 0 Å². The number of rotatable bonds is 3. The molecule has 0 aromatic heterocycles. The lowest BCUT2D eigenvalue weighted by molar-refractivity contribution is -0.146. The molecular formula is C9H18ClNO2S. The number of hydrogen-bond acceptors (Lipinski definition) is 4. The van der Waals surface area contributed by atoms with Gasteiger partial charge < -0.3 is 10.1 Å². The van der Waals surface area contributed by atoms with E-state index in [2.05, 4.69) is 5.32 Å². The van der Waals surface area contributed by atoms with E-state index in [0.717, 1.165) is 25.9 Å². The summed E-state index contributed by atoms with van der Waals surface area (Å²) in [5, 5.41) is 3.25. The molecule has 0 aromatic rings. The lowest BCUT2D eigenvalue weighted by atomic mass is 9.97. The summed E-state index contributed by atoms with van der Waals surface area (Å²) in [6.45, 7) is 4.17. The lowest BCUT2D eigenvalue weighted by Crippen LogP contribution is -2.46. The van der Waals surface area contributed by atoms with E-state index in [0.29, 0.717) is 6.61 Å². The molecule has 0 aromatic carbocycles. The number of hydrogen-bond donors (Lipinski definition) is 1.